The van der Waals surface area contributed by atoms with E-state index in [-0.39, 0.29) is 11.9 Å². The largest absolute Gasteiger partial charge is 0.467 e. The van der Waals surface area contributed by atoms with Gasteiger partial charge in [-0.2, -0.15) is 5.26 Å². The first-order chi connectivity index (χ1) is 9.22. The predicted molar refractivity (Wildman–Crippen MR) is 67.7 cm³/mol. The molecule has 1 heterocycles. The Balaban J connectivity index is 2.09. The van der Waals surface area contributed by atoms with Crippen molar-refractivity contribution < 1.29 is 9.53 Å². The minimum atomic E-state index is -0.293. The fraction of sp³-hybridized carbons (Fsp3) is 0.0769. The Morgan fingerprint density at radius 1 is 1.26 bits per heavy atom. The lowest BCUT2D eigenvalue weighted by molar-refractivity contribution is 0.102. The molecule has 19 heavy (non-hydrogen) atoms. The number of benzene rings is 1. The zero-order valence-electron chi connectivity index (χ0n) is 10.1. The van der Waals surface area contributed by atoms with Crippen molar-refractivity contribution in [1.29, 1.82) is 5.26 Å². The molecule has 0 aliphatic rings. The van der Waals surface area contributed by atoms with E-state index in [1.165, 1.54) is 19.5 Å². The van der Waals surface area contributed by atoms with Gasteiger partial charge >= 0.3 is 6.01 Å². The Hall–Kier alpha value is -2.94. The summed E-state index contributed by atoms with van der Waals surface area (Å²) in [6, 6.07) is 8.55. The van der Waals surface area contributed by atoms with Crippen LogP contribution in [0.1, 0.15) is 15.9 Å². The number of amides is 1. The van der Waals surface area contributed by atoms with E-state index < -0.39 is 0 Å². The summed E-state index contributed by atoms with van der Waals surface area (Å²) in [6.45, 7) is 0. The van der Waals surface area contributed by atoms with E-state index in [0.29, 0.717) is 16.8 Å². The van der Waals surface area contributed by atoms with Crippen molar-refractivity contribution in [2.75, 3.05) is 12.4 Å². The Bertz CT molecular complexity index is 615. The quantitative estimate of drug-likeness (QED) is 0.898. The molecule has 0 saturated carbocycles. The smallest absolute Gasteiger partial charge is 0.316 e. The van der Waals surface area contributed by atoms with Crippen LogP contribution >= 0.6 is 0 Å². The van der Waals surface area contributed by atoms with Crippen LogP contribution in [0.4, 0.5) is 5.69 Å². The molecule has 0 aliphatic carbocycles. The molecular formula is C13H10N4O2. The lowest BCUT2D eigenvalue weighted by Gasteiger charge is -2.05. The van der Waals surface area contributed by atoms with Crippen molar-refractivity contribution in [1.82, 2.24) is 9.97 Å². The Kier molecular flexibility index (Phi) is 3.69. The van der Waals surface area contributed by atoms with Crippen LogP contribution < -0.4 is 10.1 Å². The van der Waals surface area contributed by atoms with Crippen molar-refractivity contribution in [3.63, 3.8) is 0 Å². The molecule has 0 unspecified atom stereocenters. The average Bonchev–Trinajstić information content (AvgIpc) is 2.48. The highest BCUT2D eigenvalue weighted by molar-refractivity contribution is 6.04. The molecule has 0 radical (unpaired) electrons. The molecular weight excluding hydrogens is 244 g/mol. The second-order valence-corrected chi connectivity index (χ2v) is 3.60. The fourth-order valence-electron chi connectivity index (χ4n) is 1.39. The first-order valence-electron chi connectivity index (χ1n) is 5.40. The number of carbonyl (C=O) groups is 1. The number of aromatic nitrogens is 2. The number of anilines is 1. The van der Waals surface area contributed by atoms with Crippen LogP contribution in [0.5, 0.6) is 6.01 Å². The third-order valence-corrected chi connectivity index (χ3v) is 2.34. The molecule has 1 N–H and O–H groups in total. The van der Waals surface area contributed by atoms with Crippen LogP contribution in [0.3, 0.4) is 0 Å². The second kappa shape index (κ2) is 5.60. The van der Waals surface area contributed by atoms with Crippen molar-refractivity contribution in [2.45, 2.75) is 0 Å². The molecule has 2 rings (SSSR count). The SMILES string of the molecule is COc1ncc(NC(=O)c2ccc(C#N)cc2)cn1. The number of carbonyl (C=O) groups excluding carboxylic acids is 1. The van der Waals surface area contributed by atoms with Gasteiger partial charge in [-0.3, -0.25) is 4.79 Å². The van der Waals surface area contributed by atoms with Gasteiger partial charge < -0.3 is 10.1 Å². The monoisotopic (exact) mass is 254 g/mol. The van der Waals surface area contributed by atoms with E-state index in [2.05, 4.69) is 15.3 Å². The molecule has 0 aliphatic heterocycles. The maximum absolute atomic E-state index is 11.9. The summed E-state index contributed by atoms with van der Waals surface area (Å²) in [5.41, 5.74) is 1.43. The van der Waals surface area contributed by atoms with E-state index in [0.717, 1.165) is 0 Å². The molecule has 0 atom stereocenters. The minimum absolute atomic E-state index is 0.233. The van der Waals surface area contributed by atoms with Crippen LogP contribution in [0.15, 0.2) is 36.7 Å². The molecule has 0 fully saturated rings. The predicted octanol–water partition coefficient (Wildman–Crippen LogP) is 1.61. The van der Waals surface area contributed by atoms with Gasteiger partial charge in [0.25, 0.3) is 5.91 Å². The van der Waals surface area contributed by atoms with Crippen LogP contribution in [-0.4, -0.2) is 23.0 Å². The summed E-state index contributed by atoms with van der Waals surface area (Å²) >= 11 is 0. The van der Waals surface area contributed by atoms with Crippen molar-refractivity contribution in [2.24, 2.45) is 0 Å². The summed E-state index contributed by atoms with van der Waals surface area (Å²) in [5.74, 6) is -0.293. The first kappa shape index (κ1) is 12.5. The molecule has 1 aromatic heterocycles. The minimum Gasteiger partial charge on any atom is -0.467 e. The van der Waals surface area contributed by atoms with Gasteiger partial charge in [0.05, 0.1) is 36.8 Å². The van der Waals surface area contributed by atoms with Gasteiger partial charge in [-0.15, -0.1) is 0 Å². The highest BCUT2D eigenvalue weighted by Crippen LogP contribution is 2.10. The molecule has 94 valence electrons. The average molecular weight is 254 g/mol. The van der Waals surface area contributed by atoms with Gasteiger partial charge in [0.2, 0.25) is 0 Å². The third kappa shape index (κ3) is 3.04. The second-order valence-electron chi connectivity index (χ2n) is 3.60. The Labute approximate surface area is 109 Å². The van der Waals surface area contributed by atoms with Gasteiger partial charge in [-0.25, -0.2) is 9.97 Å². The van der Waals surface area contributed by atoms with E-state index >= 15 is 0 Å². The number of nitriles is 1. The zero-order chi connectivity index (χ0) is 13.7. The van der Waals surface area contributed by atoms with Gasteiger partial charge in [0.15, 0.2) is 0 Å². The van der Waals surface area contributed by atoms with E-state index in [4.69, 9.17) is 10.00 Å². The molecule has 2 aromatic rings. The lowest BCUT2D eigenvalue weighted by Crippen LogP contribution is -2.12. The summed E-state index contributed by atoms with van der Waals surface area (Å²) in [4.78, 5) is 19.6. The number of hydrogen-bond donors (Lipinski definition) is 1. The maximum atomic E-state index is 11.9. The molecule has 1 aromatic carbocycles. The van der Waals surface area contributed by atoms with Crippen molar-refractivity contribution in [3.8, 4) is 12.1 Å². The normalized spacial score (nSPS) is 9.47. The standard InChI is InChI=1S/C13H10N4O2/c1-19-13-15-7-11(8-16-13)17-12(18)10-4-2-9(6-14)3-5-10/h2-5,7-8H,1H3,(H,17,18). The van der Waals surface area contributed by atoms with Crippen molar-refractivity contribution >= 4 is 11.6 Å². The number of rotatable bonds is 3. The molecule has 1 amide bonds. The highest BCUT2D eigenvalue weighted by Gasteiger charge is 2.06. The molecule has 0 bridgehead atoms. The maximum Gasteiger partial charge on any atom is 0.316 e. The first-order valence-corrected chi connectivity index (χ1v) is 5.40. The molecule has 6 heteroatoms. The number of nitrogens with zero attached hydrogens (tertiary/aromatic N) is 3. The summed E-state index contributed by atoms with van der Waals surface area (Å²) in [7, 11) is 1.46. The van der Waals surface area contributed by atoms with Gasteiger partial charge in [-0.1, -0.05) is 0 Å². The molecule has 6 nitrogen and oxygen atoms in total. The topological polar surface area (TPSA) is 87.9 Å². The lowest BCUT2D eigenvalue weighted by atomic mass is 10.1. The van der Waals surface area contributed by atoms with Crippen LogP contribution in [0.2, 0.25) is 0 Å². The van der Waals surface area contributed by atoms with E-state index in [1.54, 1.807) is 24.3 Å². The summed E-state index contributed by atoms with van der Waals surface area (Å²) in [5, 5.41) is 11.3. The van der Waals surface area contributed by atoms with Crippen molar-refractivity contribution in [3.05, 3.63) is 47.8 Å². The Morgan fingerprint density at radius 2 is 1.89 bits per heavy atom. The van der Waals surface area contributed by atoms with Gasteiger partial charge in [-0.05, 0) is 24.3 Å². The molecule has 0 saturated heterocycles. The van der Waals surface area contributed by atoms with Gasteiger partial charge in [0.1, 0.15) is 0 Å². The van der Waals surface area contributed by atoms with Crippen LogP contribution in [-0.2, 0) is 0 Å². The molecule has 0 spiro atoms. The Morgan fingerprint density at radius 3 is 2.42 bits per heavy atom. The summed E-state index contributed by atoms with van der Waals surface area (Å²) in [6.07, 6.45) is 2.90. The van der Waals surface area contributed by atoms with Crippen LogP contribution in [0.25, 0.3) is 0 Å². The number of hydrogen-bond acceptors (Lipinski definition) is 5. The number of methoxy groups -OCH3 is 1. The van der Waals surface area contributed by atoms with Crippen LogP contribution in [0, 0.1) is 11.3 Å². The highest BCUT2D eigenvalue weighted by atomic mass is 16.5. The summed E-state index contributed by atoms with van der Waals surface area (Å²) < 4.78 is 4.82. The third-order valence-electron chi connectivity index (χ3n) is 2.34. The fourth-order valence-corrected chi connectivity index (χ4v) is 1.39. The zero-order valence-corrected chi connectivity index (χ0v) is 10.1. The van der Waals surface area contributed by atoms with E-state index in [9.17, 15) is 4.79 Å². The number of ether oxygens (including phenoxy) is 1. The van der Waals surface area contributed by atoms with E-state index in [1.807, 2.05) is 6.07 Å². The number of nitrogens with one attached hydrogen (secondary N) is 1. The van der Waals surface area contributed by atoms with Gasteiger partial charge in [0, 0.05) is 5.56 Å².